The van der Waals surface area contributed by atoms with E-state index < -0.39 is 5.97 Å². The fourth-order valence-electron chi connectivity index (χ4n) is 3.03. The molecule has 32 heavy (non-hydrogen) atoms. The average Bonchev–Trinajstić information content (AvgIpc) is 3.23. The number of esters is 1. The van der Waals surface area contributed by atoms with E-state index >= 15 is 0 Å². The van der Waals surface area contributed by atoms with Gasteiger partial charge in [0.05, 0.1) is 40.9 Å². The lowest BCUT2D eigenvalue weighted by atomic mass is 10.2. The Morgan fingerprint density at radius 3 is 2.81 bits per heavy atom. The summed E-state index contributed by atoms with van der Waals surface area (Å²) in [6, 6.07) is 14.0. The lowest BCUT2D eigenvalue weighted by Crippen LogP contribution is -2.17. The van der Waals surface area contributed by atoms with Crippen molar-refractivity contribution in [2.75, 3.05) is 17.7 Å². The SMILES string of the molecule is CCOC(=O)c1ccccc1NC(=O)CSc1ncnc2c1cnn2-c1cccc(Cl)c1. The van der Waals surface area contributed by atoms with Gasteiger partial charge in [-0.2, -0.15) is 5.10 Å². The molecule has 2 aromatic carbocycles. The van der Waals surface area contributed by atoms with E-state index in [9.17, 15) is 9.59 Å². The van der Waals surface area contributed by atoms with Crippen LogP contribution in [0.4, 0.5) is 5.69 Å². The third kappa shape index (κ3) is 4.74. The Morgan fingerprint density at radius 1 is 1.16 bits per heavy atom. The number of para-hydroxylation sites is 1. The number of nitrogens with zero attached hydrogens (tertiary/aromatic N) is 4. The van der Waals surface area contributed by atoms with Gasteiger partial charge in [0.15, 0.2) is 5.65 Å². The van der Waals surface area contributed by atoms with Crippen LogP contribution in [0, 0.1) is 0 Å². The number of thioether (sulfide) groups is 1. The largest absolute Gasteiger partial charge is 0.462 e. The van der Waals surface area contributed by atoms with Crippen molar-refractivity contribution in [3.05, 3.63) is 71.6 Å². The molecule has 0 aliphatic heterocycles. The van der Waals surface area contributed by atoms with Gasteiger partial charge in [-0.15, -0.1) is 0 Å². The molecule has 0 radical (unpaired) electrons. The van der Waals surface area contributed by atoms with Gasteiger partial charge in [-0.1, -0.05) is 41.6 Å². The maximum Gasteiger partial charge on any atom is 0.340 e. The molecule has 10 heteroatoms. The summed E-state index contributed by atoms with van der Waals surface area (Å²) in [7, 11) is 0. The Balaban J connectivity index is 1.50. The van der Waals surface area contributed by atoms with E-state index in [0.29, 0.717) is 26.9 Å². The second-order valence-corrected chi connectivity index (χ2v) is 7.96. The number of fused-ring (bicyclic) bond motifs is 1. The summed E-state index contributed by atoms with van der Waals surface area (Å²) >= 11 is 7.35. The Kier molecular flexibility index (Phi) is 6.67. The molecule has 162 valence electrons. The Labute approximate surface area is 193 Å². The minimum absolute atomic E-state index is 0.0889. The Bertz CT molecular complexity index is 1290. The van der Waals surface area contributed by atoms with E-state index in [-0.39, 0.29) is 18.3 Å². The van der Waals surface area contributed by atoms with Crippen molar-refractivity contribution < 1.29 is 14.3 Å². The Morgan fingerprint density at radius 2 is 2.00 bits per heavy atom. The van der Waals surface area contributed by atoms with E-state index in [1.54, 1.807) is 54.2 Å². The van der Waals surface area contributed by atoms with Crippen molar-refractivity contribution in [3.63, 3.8) is 0 Å². The van der Waals surface area contributed by atoms with Crippen molar-refractivity contribution in [1.82, 2.24) is 19.7 Å². The Hall–Kier alpha value is -3.43. The fraction of sp³-hybridized carbons (Fsp3) is 0.136. The molecule has 4 aromatic rings. The van der Waals surface area contributed by atoms with Gasteiger partial charge in [-0.25, -0.2) is 19.4 Å². The van der Waals surface area contributed by atoms with Crippen LogP contribution < -0.4 is 5.32 Å². The summed E-state index contributed by atoms with van der Waals surface area (Å²) in [6.45, 7) is 1.98. The van der Waals surface area contributed by atoms with Gasteiger partial charge in [-0.3, -0.25) is 4.79 Å². The lowest BCUT2D eigenvalue weighted by Gasteiger charge is -2.10. The van der Waals surface area contributed by atoms with Crippen LogP contribution in [0.25, 0.3) is 16.7 Å². The van der Waals surface area contributed by atoms with E-state index in [4.69, 9.17) is 16.3 Å². The van der Waals surface area contributed by atoms with Gasteiger partial charge in [0.25, 0.3) is 0 Å². The highest BCUT2D eigenvalue weighted by Gasteiger charge is 2.16. The first-order valence-electron chi connectivity index (χ1n) is 9.70. The second kappa shape index (κ2) is 9.80. The lowest BCUT2D eigenvalue weighted by molar-refractivity contribution is -0.113. The molecule has 0 aliphatic carbocycles. The first-order valence-corrected chi connectivity index (χ1v) is 11.1. The highest BCUT2D eigenvalue weighted by Crippen LogP contribution is 2.27. The molecule has 1 N–H and O–H groups in total. The summed E-state index contributed by atoms with van der Waals surface area (Å²) in [5.41, 5.74) is 2.09. The van der Waals surface area contributed by atoms with Crippen LogP contribution in [0.3, 0.4) is 0 Å². The average molecular weight is 468 g/mol. The monoisotopic (exact) mass is 467 g/mol. The third-order valence-electron chi connectivity index (χ3n) is 4.42. The normalized spacial score (nSPS) is 10.8. The van der Waals surface area contributed by atoms with Crippen LogP contribution in [-0.4, -0.2) is 44.0 Å². The molecule has 0 fully saturated rings. The first kappa shape index (κ1) is 21.8. The van der Waals surface area contributed by atoms with Gasteiger partial charge in [0, 0.05) is 5.02 Å². The minimum Gasteiger partial charge on any atom is -0.462 e. The van der Waals surface area contributed by atoms with Crippen molar-refractivity contribution in [1.29, 1.82) is 0 Å². The molecule has 0 saturated carbocycles. The molecule has 0 unspecified atom stereocenters. The number of hydrogen-bond donors (Lipinski definition) is 1. The molecule has 0 saturated heterocycles. The summed E-state index contributed by atoms with van der Waals surface area (Å²) < 4.78 is 6.71. The van der Waals surface area contributed by atoms with Crippen molar-refractivity contribution in [3.8, 4) is 5.69 Å². The van der Waals surface area contributed by atoms with Crippen LogP contribution in [0.2, 0.25) is 5.02 Å². The topological polar surface area (TPSA) is 99.0 Å². The maximum absolute atomic E-state index is 12.6. The molecule has 4 rings (SSSR count). The minimum atomic E-state index is -0.484. The van der Waals surface area contributed by atoms with E-state index in [1.165, 1.54) is 18.1 Å². The van der Waals surface area contributed by atoms with Gasteiger partial charge < -0.3 is 10.1 Å². The van der Waals surface area contributed by atoms with E-state index in [1.807, 2.05) is 12.1 Å². The predicted octanol–water partition coefficient (Wildman–Crippen LogP) is 4.38. The molecule has 2 aromatic heterocycles. The molecule has 0 bridgehead atoms. The van der Waals surface area contributed by atoms with Gasteiger partial charge in [0.1, 0.15) is 11.4 Å². The number of benzene rings is 2. The number of rotatable bonds is 7. The molecule has 0 spiro atoms. The van der Waals surface area contributed by atoms with Crippen LogP contribution in [0.15, 0.2) is 66.1 Å². The van der Waals surface area contributed by atoms with E-state index in [2.05, 4.69) is 20.4 Å². The number of aromatic nitrogens is 4. The third-order valence-corrected chi connectivity index (χ3v) is 5.66. The van der Waals surface area contributed by atoms with Crippen molar-refractivity contribution in [2.45, 2.75) is 11.9 Å². The fourth-order valence-corrected chi connectivity index (χ4v) is 3.98. The maximum atomic E-state index is 12.6. The number of ether oxygens (including phenoxy) is 1. The molecular formula is C22H18ClN5O3S. The second-order valence-electron chi connectivity index (χ2n) is 6.56. The van der Waals surface area contributed by atoms with Crippen LogP contribution >= 0.6 is 23.4 Å². The summed E-state index contributed by atoms with van der Waals surface area (Å²) in [5, 5.41) is 9.10. The van der Waals surface area contributed by atoms with Gasteiger partial charge in [-0.05, 0) is 37.3 Å². The van der Waals surface area contributed by atoms with E-state index in [0.717, 1.165) is 11.1 Å². The predicted molar refractivity (Wildman–Crippen MR) is 123 cm³/mol. The zero-order valence-corrected chi connectivity index (χ0v) is 18.6. The zero-order chi connectivity index (χ0) is 22.5. The van der Waals surface area contributed by atoms with Crippen LogP contribution in [0.1, 0.15) is 17.3 Å². The number of carbonyl (C=O) groups is 2. The van der Waals surface area contributed by atoms with Gasteiger partial charge in [0.2, 0.25) is 5.91 Å². The van der Waals surface area contributed by atoms with Crippen LogP contribution in [-0.2, 0) is 9.53 Å². The number of anilines is 1. The van der Waals surface area contributed by atoms with Crippen LogP contribution in [0.5, 0.6) is 0 Å². The molecule has 8 nitrogen and oxygen atoms in total. The smallest absolute Gasteiger partial charge is 0.340 e. The summed E-state index contributed by atoms with van der Waals surface area (Å²) in [5.74, 6) is -0.672. The summed E-state index contributed by atoms with van der Waals surface area (Å²) in [4.78, 5) is 33.3. The molecular weight excluding hydrogens is 450 g/mol. The first-order chi connectivity index (χ1) is 15.6. The van der Waals surface area contributed by atoms with Crippen molar-refractivity contribution >= 4 is 52.0 Å². The zero-order valence-electron chi connectivity index (χ0n) is 17.0. The number of hydrogen-bond acceptors (Lipinski definition) is 7. The molecule has 0 atom stereocenters. The highest BCUT2D eigenvalue weighted by atomic mass is 35.5. The molecule has 1 amide bonds. The number of carbonyl (C=O) groups excluding carboxylic acids is 2. The molecule has 0 aliphatic rings. The number of nitrogens with one attached hydrogen (secondary N) is 1. The highest BCUT2D eigenvalue weighted by molar-refractivity contribution is 8.00. The molecule has 2 heterocycles. The van der Waals surface area contributed by atoms with Crippen molar-refractivity contribution in [2.24, 2.45) is 0 Å². The van der Waals surface area contributed by atoms with Gasteiger partial charge >= 0.3 is 5.97 Å². The standard InChI is InChI=1S/C22H18ClN5O3S/c1-2-31-22(30)16-8-3-4-9-18(16)27-19(29)12-32-21-17-11-26-28(20(17)24-13-25-21)15-7-5-6-14(23)10-15/h3-11,13H,2,12H2,1H3,(H,27,29). The number of halogens is 1. The number of amides is 1. The quantitative estimate of drug-likeness (QED) is 0.244. The summed E-state index contributed by atoms with van der Waals surface area (Å²) in [6.07, 6.45) is 3.09.